The molecule has 9 nitrogen and oxygen atoms in total. The molecule has 1 aromatic carbocycles. The molecule has 4 heterocycles. The van der Waals surface area contributed by atoms with Gasteiger partial charge in [0.1, 0.15) is 22.8 Å². The molecular weight excluding hydrogens is 548 g/mol. The van der Waals surface area contributed by atoms with Gasteiger partial charge in [-0.15, -0.1) is 13.2 Å². The third kappa shape index (κ3) is 6.55. The van der Waals surface area contributed by atoms with Crippen LogP contribution >= 0.6 is 0 Å². The number of alkyl halides is 3. The van der Waals surface area contributed by atoms with Crippen molar-refractivity contribution < 1.29 is 41.4 Å². The van der Waals surface area contributed by atoms with Gasteiger partial charge in [0.05, 0.1) is 30.7 Å². The van der Waals surface area contributed by atoms with Crippen LogP contribution in [0.15, 0.2) is 30.5 Å². The van der Waals surface area contributed by atoms with E-state index in [4.69, 9.17) is 9.47 Å². The second kappa shape index (κ2) is 10.8. The molecule has 0 unspecified atom stereocenters. The van der Waals surface area contributed by atoms with E-state index >= 15 is 4.39 Å². The third-order valence-corrected chi connectivity index (χ3v) is 7.03. The van der Waals surface area contributed by atoms with E-state index in [0.29, 0.717) is 42.7 Å². The monoisotopic (exact) mass is 578 g/mol. The number of fused-ring (bicyclic) bond motifs is 1. The molecule has 2 amide bonds. The maximum atomic E-state index is 15.1. The number of hydrogen-bond donors (Lipinski definition) is 2. The second-order valence-electron chi connectivity index (χ2n) is 11.2. The van der Waals surface area contributed by atoms with Crippen LogP contribution in [0.5, 0.6) is 5.75 Å². The van der Waals surface area contributed by atoms with Crippen molar-refractivity contribution in [2.24, 2.45) is 0 Å². The molecule has 5 rings (SSSR count). The molecule has 0 spiro atoms. The Bertz CT molecular complexity index is 1450. The van der Waals surface area contributed by atoms with Gasteiger partial charge in [0.25, 0.3) is 5.91 Å². The molecule has 41 heavy (non-hydrogen) atoms. The Morgan fingerprint density at radius 3 is 2.41 bits per heavy atom. The largest absolute Gasteiger partial charge is 0.573 e. The summed E-state index contributed by atoms with van der Waals surface area (Å²) in [6.07, 6.45) is -3.79. The normalized spacial score (nSPS) is 16.9. The van der Waals surface area contributed by atoms with Crippen LogP contribution in [-0.4, -0.2) is 65.1 Å². The standard InChI is InChI=1S/C28H30F4N4O5/c1-27(2,3)41-26(38)35-22-10-17(40-28(30,31)32)4-5-18(22)25(37)36-8-6-15(7-9-36)23-19-11-21(16-13-39-14-16)34-24(19)33-12-20(23)29/h4-5,10-12,15-16H,6-9,13-14H2,1-3H3,(H,33,34)(H,35,38). The molecule has 0 bridgehead atoms. The lowest BCUT2D eigenvalue weighted by atomic mass is 9.87. The number of benzene rings is 1. The van der Waals surface area contributed by atoms with Crippen LogP contribution in [0.4, 0.5) is 28.0 Å². The number of carbonyl (C=O) groups is 2. The van der Waals surface area contributed by atoms with Gasteiger partial charge in [-0.3, -0.25) is 10.1 Å². The van der Waals surface area contributed by atoms with E-state index < -0.39 is 35.5 Å². The Labute approximate surface area is 233 Å². The first-order valence-corrected chi connectivity index (χ1v) is 13.2. The van der Waals surface area contributed by atoms with Crippen LogP contribution in [0.2, 0.25) is 0 Å². The fourth-order valence-corrected chi connectivity index (χ4v) is 5.11. The van der Waals surface area contributed by atoms with Crippen molar-refractivity contribution in [3.05, 3.63) is 53.1 Å². The van der Waals surface area contributed by atoms with E-state index in [1.165, 1.54) is 17.2 Å². The number of aromatic amines is 1. The number of carbonyl (C=O) groups excluding carboxylic acids is 2. The minimum absolute atomic E-state index is 0.0284. The first kappa shape index (κ1) is 28.7. The van der Waals surface area contributed by atoms with Crippen LogP contribution in [0, 0.1) is 5.82 Å². The molecule has 2 fully saturated rings. The van der Waals surface area contributed by atoms with Crippen LogP contribution in [0.3, 0.4) is 0 Å². The summed E-state index contributed by atoms with van der Waals surface area (Å²) in [5.74, 6) is -1.47. The number of pyridine rings is 1. The molecule has 13 heteroatoms. The smallest absolute Gasteiger partial charge is 0.444 e. The van der Waals surface area contributed by atoms with Crippen molar-refractivity contribution >= 4 is 28.7 Å². The maximum absolute atomic E-state index is 15.1. The summed E-state index contributed by atoms with van der Waals surface area (Å²) in [5, 5.41) is 3.08. The molecule has 2 aliphatic rings. The average Bonchev–Trinajstić information content (AvgIpc) is 3.24. The number of nitrogens with one attached hydrogen (secondary N) is 2. The molecule has 220 valence electrons. The molecule has 3 aromatic rings. The molecule has 0 saturated carbocycles. The molecule has 0 radical (unpaired) electrons. The lowest BCUT2D eigenvalue weighted by molar-refractivity contribution is -0.274. The van der Waals surface area contributed by atoms with Gasteiger partial charge in [0.2, 0.25) is 0 Å². The summed E-state index contributed by atoms with van der Waals surface area (Å²) in [6, 6.07) is 5.02. The second-order valence-corrected chi connectivity index (χ2v) is 11.2. The molecule has 2 aliphatic heterocycles. The summed E-state index contributed by atoms with van der Waals surface area (Å²) in [6.45, 7) is 6.61. The Morgan fingerprint density at radius 2 is 1.80 bits per heavy atom. The zero-order chi connectivity index (χ0) is 29.5. The van der Waals surface area contributed by atoms with Gasteiger partial charge in [-0.05, 0) is 57.7 Å². The SMILES string of the molecule is CC(C)(C)OC(=O)Nc1cc(OC(F)(F)F)ccc1C(=O)N1CCC(c2c(F)cnc3[nH]c(C4COC4)cc23)CC1. The van der Waals surface area contributed by atoms with Gasteiger partial charge in [-0.2, -0.15) is 0 Å². The van der Waals surface area contributed by atoms with E-state index in [1.54, 1.807) is 20.8 Å². The molecule has 2 saturated heterocycles. The van der Waals surface area contributed by atoms with Crippen molar-refractivity contribution in [1.29, 1.82) is 0 Å². The van der Waals surface area contributed by atoms with Crippen LogP contribution in [-0.2, 0) is 9.47 Å². The summed E-state index contributed by atoms with van der Waals surface area (Å²) in [5.41, 5.74) is 0.998. The molecule has 0 atom stereocenters. The Hall–Kier alpha value is -3.87. The van der Waals surface area contributed by atoms with Gasteiger partial charge in [0.15, 0.2) is 0 Å². The first-order chi connectivity index (χ1) is 19.3. The van der Waals surface area contributed by atoms with Gasteiger partial charge >= 0.3 is 12.5 Å². The number of anilines is 1. The first-order valence-electron chi connectivity index (χ1n) is 13.2. The third-order valence-electron chi connectivity index (χ3n) is 7.03. The molecular formula is C28H30F4N4O5. The number of H-pyrrole nitrogens is 1. The molecule has 0 aliphatic carbocycles. The number of nitrogens with zero attached hydrogens (tertiary/aromatic N) is 2. The zero-order valence-corrected chi connectivity index (χ0v) is 22.7. The Kier molecular flexibility index (Phi) is 7.58. The summed E-state index contributed by atoms with van der Waals surface area (Å²) in [4.78, 5) is 34.9. The van der Waals surface area contributed by atoms with Gasteiger partial charge in [0, 0.05) is 41.7 Å². The number of rotatable bonds is 5. The van der Waals surface area contributed by atoms with Gasteiger partial charge < -0.3 is 24.1 Å². The number of amides is 2. The van der Waals surface area contributed by atoms with Crippen molar-refractivity contribution in [3.63, 3.8) is 0 Å². The lowest BCUT2D eigenvalue weighted by Gasteiger charge is -2.33. The van der Waals surface area contributed by atoms with E-state index in [-0.39, 0.29) is 36.2 Å². The van der Waals surface area contributed by atoms with E-state index in [9.17, 15) is 22.8 Å². The Balaban J connectivity index is 1.34. The predicted molar refractivity (Wildman–Crippen MR) is 140 cm³/mol. The summed E-state index contributed by atoms with van der Waals surface area (Å²) in [7, 11) is 0. The fourth-order valence-electron chi connectivity index (χ4n) is 5.11. The summed E-state index contributed by atoms with van der Waals surface area (Å²) < 4.78 is 68.0. The minimum Gasteiger partial charge on any atom is -0.444 e. The number of ether oxygens (including phenoxy) is 3. The van der Waals surface area contributed by atoms with Crippen LogP contribution in [0.25, 0.3) is 11.0 Å². The maximum Gasteiger partial charge on any atom is 0.573 e. The van der Waals surface area contributed by atoms with Crippen molar-refractivity contribution in [1.82, 2.24) is 14.9 Å². The topological polar surface area (TPSA) is 106 Å². The highest BCUT2D eigenvalue weighted by atomic mass is 19.4. The highest BCUT2D eigenvalue weighted by Gasteiger charge is 2.33. The number of aromatic nitrogens is 2. The van der Waals surface area contributed by atoms with Gasteiger partial charge in [-0.1, -0.05) is 0 Å². The van der Waals surface area contributed by atoms with Gasteiger partial charge in [-0.25, -0.2) is 14.2 Å². The predicted octanol–water partition coefficient (Wildman–Crippen LogP) is 6.08. The number of piperidine rings is 1. The zero-order valence-electron chi connectivity index (χ0n) is 22.7. The fraction of sp³-hybridized carbons (Fsp3) is 0.464. The Morgan fingerprint density at radius 1 is 1.10 bits per heavy atom. The highest BCUT2D eigenvalue weighted by Crippen LogP contribution is 2.37. The average molecular weight is 579 g/mol. The van der Waals surface area contributed by atoms with Crippen molar-refractivity contribution in [2.75, 3.05) is 31.6 Å². The number of likely N-dealkylation sites (tertiary alicyclic amines) is 1. The minimum atomic E-state index is -4.96. The van der Waals surface area contributed by atoms with E-state index in [2.05, 4.69) is 20.0 Å². The van der Waals surface area contributed by atoms with Crippen molar-refractivity contribution in [3.8, 4) is 5.75 Å². The van der Waals surface area contributed by atoms with Crippen molar-refractivity contribution in [2.45, 2.75) is 57.4 Å². The van der Waals surface area contributed by atoms with E-state index in [1.807, 2.05) is 6.07 Å². The highest BCUT2D eigenvalue weighted by molar-refractivity contribution is 6.03. The van der Waals surface area contributed by atoms with Crippen LogP contribution in [0.1, 0.15) is 67.1 Å². The lowest BCUT2D eigenvalue weighted by Crippen LogP contribution is -2.38. The van der Waals surface area contributed by atoms with E-state index in [0.717, 1.165) is 17.8 Å². The number of halogens is 4. The number of hydrogen-bond acceptors (Lipinski definition) is 6. The summed E-state index contributed by atoms with van der Waals surface area (Å²) >= 11 is 0. The molecule has 2 aromatic heterocycles. The molecule has 2 N–H and O–H groups in total. The quantitative estimate of drug-likeness (QED) is 0.356. The van der Waals surface area contributed by atoms with Crippen LogP contribution < -0.4 is 10.1 Å².